The average molecular weight is 458 g/mol. The Morgan fingerprint density at radius 1 is 1.22 bits per heavy atom. The highest BCUT2D eigenvalue weighted by Gasteiger charge is 2.21. The van der Waals surface area contributed by atoms with Gasteiger partial charge >= 0.3 is 0 Å². The molecule has 0 saturated carbocycles. The molecule has 0 radical (unpaired) electrons. The number of nitrogens with one attached hydrogen (secondary N) is 1. The van der Waals surface area contributed by atoms with E-state index in [1.807, 2.05) is 6.08 Å². The molecule has 0 fully saturated rings. The van der Waals surface area contributed by atoms with Gasteiger partial charge < -0.3 is 5.11 Å². The molecule has 166 valence electrons. The summed E-state index contributed by atoms with van der Waals surface area (Å²) in [5, 5.41) is 23.3. The van der Waals surface area contributed by atoms with Gasteiger partial charge in [0.15, 0.2) is 0 Å². The summed E-state index contributed by atoms with van der Waals surface area (Å²) >= 11 is 1.41. The Morgan fingerprint density at radius 2 is 2.00 bits per heavy atom. The Morgan fingerprint density at radius 3 is 2.66 bits per heavy atom. The van der Waals surface area contributed by atoms with Gasteiger partial charge in [-0.1, -0.05) is 24.0 Å². The molecule has 0 bridgehead atoms. The number of pyridine rings is 1. The molecule has 3 heterocycles. The van der Waals surface area contributed by atoms with E-state index in [0.717, 1.165) is 17.5 Å². The Kier molecular flexibility index (Phi) is 7.66. The van der Waals surface area contributed by atoms with Crippen LogP contribution >= 0.6 is 11.3 Å². The molecule has 3 aromatic heterocycles. The van der Waals surface area contributed by atoms with Crippen molar-refractivity contribution in [1.82, 2.24) is 30.6 Å². The number of aromatic hydroxyl groups is 1. The number of aromatic nitrogens is 5. The number of allylic oxidation sites excluding steroid dienone is 2. The highest BCUT2D eigenvalue weighted by molar-refractivity contribution is 7.14. The predicted molar refractivity (Wildman–Crippen MR) is 118 cm³/mol. The van der Waals surface area contributed by atoms with E-state index in [1.165, 1.54) is 29.8 Å². The maximum absolute atomic E-state index is 13.0. The Hall–Kier alpha value is -3.60. The zero-order valence-electron chi connectivity index (χ0n) is 17.2. The van der Waals surface area contributed by atoms with Crippen LogP contribution in [0, 0.1) is 0 Å². The average Bonchev–Trinajstić information content (AvgIpc) is 3.24. The second-order valence-electron chi connectivity index (χ2n) is 6.80. The molecule has 0 aliphatic heterocycles. The Balaban J connectivity index is 1.67. The fraction of sp³-hybridized carbons (Fsp3) is 0.238. The summed E-state index contributed by atoms with van der Waals surface area (Å²) in [6, 6.07) is 3.21. The van der Waals surface area contributed by atoms with Crippen LogP contribution in [0.3, 0.4) is 0 Å². The number of hydrogen-bond donors (Lipinski definition) is 2. The summed E-state index contributed by atoms with van der Waals surface area (Å²) in [6.45, 7) is 4.45. The minimum atomic E-state index is -2.76. The fourth-order valence-electron chi connectivity index (χ4n) is 2.50. The second-order valence-corrected chi connectivity index (χ2v) is 7.86. The minimum absolute atomic E-state index is 0.0540. The molecule has 11 heteroatoms. The molecule has 3 aromatic rings. The van der Waals surface area contributed by atoms with Crippen LogP contribution in [0.1, 0.15) is 29.7 Å². The number of hydrogen-bond acceptors (Lipinski definition) is 9. The molecule has 8 nitrogen and oxygen atoms in total. The molecule has 3 rings (SSSR count). The summed E-state index contributed by atoms with van der Waals surface area (Å²) in [5.74, 6) is -2.46. The third-order valence-corrected chi connectivity index (χ3v) is 5.09. The van der Waals surface area contributed by atoms with Crippen LogP contribution in [0.5, 0.6) is 5.88 Å². The summed E-state index contributed by atoms with van der Waals surface area (Å²) in [7, 11) is 0. The van der Waals surface area contributed by atoms with Crippen molar-refractivity contribution in [3.8, 4) is 16.5 Å². The fourth-order valence-corrected chi connectivity index (χ4v) is 3.30. The van der Waals surface area contributed by atoms with E-state index in [4.69, 9.17) is 0 Å². The van der Waals surface area contributed by atoms with Crippen molar-refractivity contribution in [3.63, 3.8) is 0 Å². The highest BCUT2D eigenvalue weighted by atomic mass is 32.1. The van der Waals surface area contributed by atoms with Gasteiger partial charge in [0, 0.05) is 61.2 Å². The molecule has 0 spiro atoms. The summed E-state index contributed by atoms with van der Waals surface area (Å²) in [5.41, 5.74) is 4.62. The third-order valence-electron chi connectivity index (χ3n) is 4.09. The van der Waals surface area contributed by atoms with Gasteiger partial charge in [-0.15, -0.1) is 10.2 Å². The van der Waals surface area contributed by atoms with Crippen LogP contribution in [0.4, 0.5) is 8.78 Å². The molecule has 0 atom stereocenters. The maximum atomic E-state index is 13.0. The molecular formula is C21H21F2N7OS. The summed E-state index contributed by atoms with van der Waals surface area (Å²) in [6.07, 6.45) is 9.99. The van der Waals surface area contributed by atoms with Gasteiger partial charge in [-0.05, 0) is 19.1 Å². The van der Waals surface area contributed by atoms with Crippen molar-refractivity contribution in [2.24, 2.45) is 5.10 Å². The molecule has 0 aromatic carbocycles. The Bertz CT molecular complexity index is 1090. The van der Waals surface area contributed by atoms with Crippen molar-refractivity contribution >= 4 is 17.0 Å². The molecule has 0 aliphatic carbocycles. The van der Waals surface area contributed by atoms with Gasteiger partial charge in [-0.3, -0.25) is 5.43 Å². The normalized spacial score (nSPS) is 12.3. The van der Waals surface area contributed by atoms with Crippen LogP contribution in [-0.2, 0) is 12.8 Å². The number of rotatable bonds is 10. The lowest BCUT2D eigenvalue weighted by molar-refractivity contribution is 0.0128. The van der Waals surface area contributed by atoms with E-state index < -0.39 is 5.92 Å². The van der Waals surface area contributed by atoms with Crippen molar-refractivity contribution in [3.05, 3.63) is 72.0 Å². The number of halogens is 2. The first kappa shape index (κ1) is 23.1. The van der Waals surface area contributed by atoms with Crippen molar-refractivity contribution < 1.29 is 13.9 Å². The second kappa shape index (κ2) is 10.6. The van der Waals surface area contributed by atoms with E-state index >= 15 is 0 Å². The van der Waals surface area contributed by atoms with Gasteiger partial charge in [0.1, 0.15) is 15.8 Å². The zero-order chi connectivity index (χ0) is 23.0. The van der Waals surface area contributed by atoms with Crippen LogP contribution in [0.15, 0.2) is 60.8 Å². The Labute approximate surface area is 187 Å². The minimum Gasteiger partial charge on any atom is -0.493 e. The van der Waals surface area contributed by atoms with Gasteiger partial charge in [0.05, 0.1) is 5.71 Å². The summed E-state index contributed by atoms with van der Waals surface area (Å²) in [4.78, 5) is 12.2. The van der Waals surface area contributed by atoms with E-state index in [9.17, 15) is 13.9 Å². The van der Waals surface area contributed by atoms with E-state index in [0.29, 0.717) is 28.5 Å². The van der Waals surface area contributed by atoms with Gasteiger partial charge in [0.2, 0.25) is 11.8 Å². The number of nitrogens with zero attached hydrogens (tertiary/aromatic N) is 6. The van der Waals surface area contributed by atoms with E-state index in [-0.39, 0.29) is 18.7 Å². The standard InChI is InChI=1S/C21H21F2N7OS/c1-3-27-28-16(15-12-24-17(25-13-15)9-10-21(2,22)23)5-4-6-19-29-30-20(32-19)14-7-8-18(31)26-11-14/h3-5,7-8,11-13,27H,1,6,9-10H2,2H3,(H,26,31)/b5-4-,28-16+. The SMILES string of the molecule is C=CN/N=C(\C=C/Cc1nnc(-c2ccc(O)nc2)s1)c1cnc(CCC(C)(F)F)nc1. The van der Waals surface area contributed by atoms with Crippen LogP contribution in [0.25, 0.3) is 10.6 Å². The lowest BCUT2D eigenvalue weighted by Gasteiger charge is -2.08. The van der Waals surface area contributed by atoms with Gasteiger partial charge in [-0.25, -0.2) is 23.7 Å². The quantitative estimate of drug-likeness (QED) is 0.351. The first-order chi connectivity index (χ1) is 15.3. The number of aryl methyl sites for hydroxylation is 1. The van der Waals surface area contributed by atoms with Crippen LogP contribution in [-0.4, -0.2) is 41.9 Å². The van der Waals surface area contributed by atoms with E-state index in [1.54, 1.807) is 24.5 Å². The monoisotopic (exact) mass is 457 g/mol. The molecule has 2 N–H and O–H groups in total. The largest absolute Gasteiger partial charge is 0.493 e. The zero-order valence-corrected chi connectivity index (χ0v) is 18.1. The van der Waals surface area contributed by atoms with Crippen LogP contribution in [0.2, 0.25) is 0 Å². The van der Waals surface area contributed by atoms with E-state index in [2.05, 4.69) is 42.3 Å². The highest BCUT2D eigenvalue weighted by Crippen LogP contribution is 2.24. The lowest BCUT2D eigenvalue weighted by Crippen LogP contribution is -2.12. The van der Waals surface area contributed by atoms with Crippen molar-refractivity contribution in [2.75, 3.05) is 0 Å². The molecule has 0 amide bonds. The molecule has 32 heavy (non-hydrogen) atoms. The first-order valence-corrected chi connectivity index (χ1v) is 10.4. The third kappa shape index (κ3) is 6.98. The molecule has 0 aliphatic rings. The predicted octanol–water partition coefficient (Wildman–Crippen LogP) is 3.92. The number of hydrazone groups is 1. The van der Waals surface area contributed by atoms with Gasteiger partial charge in [-0.2, -0.15) is 5.10 Å². The topological polar surface area (TPSA) is 109 Å². The van der Waals surface area contributed by atoms with Crippen LogP contribution < -0.4 is 5.43 Å². The molecule has 0 unspecified atom stereocenters. The lowest BCUT2D eigenvalue weighted by atomic mass is 10.1. The smallest absolute Gasteiger partial charge is 0.245 e. The molecule has 0 saturated heterocycles. The maximum Gasteiger partial charge on any atom is 0.245 e. The van der Waals surface area contributed by atoms with Gasteiger partial charge in [0.25, 0.3) is 0 Å². The van der Waals surface area contributed by atoms with Crippen molar-refractivity contribution in [2.45, 2.75) is 32.1 Å². The number of alkyl halides is 2. The summed E-state index contributed by atoms with van der Waals surface area (Å²) < 4.78 is 26.0. The molecular weight excluding hydrogens is 436 g/mol. The van der Waals surface area contributed by atoms with Crippen molar-refractivity contribution in [1.29, 1.82) is 0 Å². The first-order valence-electron chi connectivity index (χ1n) is 9.61.